The van der Waals surface area contributed by atoms with E-state index in [-0.39, 0.29) is 12.5 Å². The maximum absolute atomic E-state index is 11.8. The summed E-state index contributed by atoms with van der Waals surface area (Å²) in [5.74, 6) is 2.29. The number of H-pyrrole nitrogens is 1. The third-order valence-corrected chi connectivity index (χ3v) is 5.97. The molecule has 4 atom stereocenters. The highest BCUT2D eigenvalue weighted by Gasteiger charge is 2.48. The fourth-order valence-corrected chi connectivity index (χ4v) is 4.66. The first-order valence-corrected chi connectivity index (χ1v) is 8.49. The molecule has 2 aromatic rings. The van der Waals surface area contributed by atoms with E-state index in [0.717, 1.165) is 36.4 Å². The number of likely N-dealkylation sites (tertiary alicyclic amines) is 1. The van der Waals surface area contributed by atoms with E-state index in [1.54, 1.807) is 6.33 Å². The Morgan fingerprint density at radius 1 is 1.46 bits per heavy atom. The van der Waals surface area contributed by atoms with Crippen LogP contribution in [0.4, 0.5) is 5.82 Å². The summed E-state index contributed by atoms with van der Waals surface area (Å²) in [6, 6.07) is 2.42. The highest BCUT2D eigenvalue weighted by atomic mass is 16.3. The molecule has 1 aliphatic carbocycles. The van der Waals surface area contributed by atoms with Crippen molar-refractivity contribution in [1.29, 1.82) is 0 Å². The van der Waals surface area contributed by atoms with E-state index in [0.29, 0.717) is 23.8 Å². The quantitative estimate of drug-likeness (QED) is 0.873. The number of nitrogens with zero attached hydrogens (tertiary/aromatic N) is 4. The molecule has 0 aromatic carbocycles. The Morgan fingerprint density at radius 2 is 2.29 bits per heavy atom. The lowest BCUT2D eigenvalue weighted by molar-refractivity contribution is -0.133. The second-order valence-corrected chi connectivity index (χ2v) is 7.09. The number of amides is 1. The van der Waals surface area contributed by atoms with Crippen molar-refractivity contribution in [3.8, 4) is 0 Å². The summed E-state index contributed by atoms with van der Waals surface area (Å²) in [6.45, 7) is 3.42. The van der Waals surface area contributed by atoms with Crippen LogP contribution in [0.3, 0.4) is 0 Å². The first-order valence-electron chi connectivity index (χ1n) is 8.49. The highest BCUT2D eigenvalue weighted by Crippen LogP contribution is 2.45. The number of fused-ring (bicyclic) bond motifs is 2. The predicted octanol–water partition coefficient (Wildman–Crippen LogP) is 0.869. The molecule has 0 radical (unpaired) electrons. The maximum Gasteiger partial charge on any atom is 0.248 e. The van der Waals surface area contributed by atoms with Crippen LogP contribution in [0.5, 0.6) is 0 Å². The summed E-state index contributed by atoms with van der Waals surface area (Å²) in [6.07, 6.45) is 4.54. The van der Waals surface area contributed by atoms with Crippen molar-refractivity contribution in [2.75, 3.05) is 31.6 Å². The molecule has 128 valence electrons. The normalized spacial score (nSPS) is 29.2. The van der Waals surface area contributed by atoms with Crippen LogP contribution in [0.15, 0.2) is 18.6 Å². The molecular weight excluding hydrogens is 306 g/mol. The van der Waals surface area contributed by atoms with Gasteiger partial charge in [0.2, 0.25) is 5.91 Å². The number of aromatic amines is 1. The fraction of sp³-hybridized carbons (Fsp3) is 0.588. The number of aromatic nitrogens is 3. The number of nitrogens with one attached hydrogen (secondary N) is 1. The molecule has 1 amide bonds. The van der Waals surface area contributed by atoms with Crippen molar-refractivity contribution in [2.45, 2.75) is 19.4 Å². The van der Waals surface area contributed by atoms with Gasteiger partial charge in [0, 0.05) is 32.4 Å². The molecule has 2 fully saturated rings. The average Bonchev–Trinajstić information content (AvgIpc) is 3.29. The third-order valence-electron chi connectivity index (χ3n) is 5.97. The number of hydrogen-bond donors (Lipinski definition) is 2. The molecule has 1 saturated heterocycles. The van der Waals surface area contributed by atoms with E-state index < -0.39 is 0 Å². The van der Waals surface area contributed by atoms with Crippen LogP contribution >= 0.6 is 0 Å². The standard InChI is InChI=1S/C17H23N5O2/c1-10-13-7-22(15(24)8-23)6-11(13)5-14(10)21(2)17-12-3-4-18-16(12)19-9-20-17/h3-4,9-11,13-14,23H,5-8H2,1-2H3,(H,18,19,20)/t10-,11-,13?,14+/m1/s1. The number of carbonyl (C=O) groups excluding carboxylic acids is 1. The van der Waals surface area contributed by atoms with Gasteiger partial charge in [-0.3, -0.25) is 4.79 Å². The Balaban J connectivity index is 1.55. The van der Waals surface area contributed by atoms with Gasteiger partial charge in [0.15, 0.2) is 0 Å². The van der Waals surface area contributed by atoms with Crippen LogP contribution < -0.4 is 4.90 Å². The topological polar surface area (TPSA) is 85.3 Å². The first-order chi connectivity index (χ1) is 11.6. The van der Waals surface area contributed by atoms with Crippen LogP contribution in [0, 0.1) is 17.8 Å². The van der Waals surface area contributed by atoms with E-state index in [1.807, 2.05) is 17.2 Å². The lowest BCUT2D eigenvalue weighted by atomic mass is 9.93. The zero-order valence-electron chi connectivity index (χ0n) is 14.0. The fourth-order valence-electron chi connectivity index (χ4n) is 4.66. The highest BCUT2D eigenvalue weighted by molar-refractivity contribution is 5.87. The lowest BCUT2D eigenvalue weighted by Gasteiger charge is -2.31. The number of carbonyl (C=O) groups is 1. The Bertz CT molecular complexity index is 760. The number of aliphatic hydroxyl groups excluding tert-OH is 1. The van der Waals surface area contributed by atoms with Gasteiger partial charge in [-0.25, -0.2) is 9.97 Å². The van der Waals surface area contributed by atoms with Crippen molar-refractivity contribution in [2.24, 2.45) is 17.8 Å². The van der Waals surface area contributed by atoms with Crippen LogP contribution in [0.25, 0.3) is 11.0 Å². The molecule has 1 saturated carbocycles. The van der Waals surface area contributed by atoms with Gasteiger partial charge in [0.1, 0.15) is 24.4 Å². The monoisotopic (exact) mass is 329 g/mol. The van der Waals surface area contributed by atoms with Gasteiger partial charge >= 0.3 is 0 Å². The minimum absolute atomic E-state index is 0.147. The molecule has 7 heteroatoms. The largest absolute Gasteiger partial charge is 0.387 e. The van der Waals surface area contributed by atoms with Gasteiger partial charge in [0.05, 0.1) is 5.39 Å². The molecule has 2 aromatic heterocycles. The number of rotatable bonds is 3. The summed E-state index contributed by atoms with van der Waals surface area (Å²) in [4.78, 5) is 27.8. The van der Waals surface area contributed by atoms with Crippen LogP contribution in [-0.4, -0.2) is 63.7 Å². The van der Waals surface area contributed by atoms with E-state index in [2.05, 4.69) is 33.8 Å². The molecule has 2 aliphatic rings. The van der Waals surface area contributed by atoms with Crippen LogP contribution in [-0.2, 0) is 4.79 Å². The zero-order chi connectivity index (χ0) is 16.8. The maximum atomic E-state index is 11.8. The Morgan fingerprint density at radius 3 is 3.04 bits per heavy atom. The first kappa shape index (κ1) is 15.4. The second-order valence-electron chi connectivity index (χ2n) is 7.09. The van der Waals surface area contributed by atoms with Gasteiger partial charge in [-0.15, -0.1) is 0 Å². The van der Waals surface area contributed by atoms with Gasteiger partial charge < -0.3 is 19.9 Å². The summed E-state index contributed by atoms with van der Waals surface area (Å²) in [5.41, 5.74) is 0.859. The van der Waals surface area contributed by atoms with Crippen LogP contribution in [0.2, 0.25) is 0 Å². The molecule has 4 rings (SSSR count). The van der Waals surface area contributed by atoms with Gasteiger partial charge in [0.25, 0.3) is 0 Å². The van der Waals surface area contributed by atoms with Crippen molar-refractivity contribution >= 4 is 22.8 Å². The van der Waals surface area contributed by atoms with Crippen molar-refractivity contribution in [3.05, 3.63) is 18.6 Å². The number of aliphatic hydroxyl groups is 1. The molecule has 24 heavy (non-hydrogen) atoms. The summed E-state index contributed by atoms with van der Waals surface area (Å²) < 4.78 is 0. The molecule has 2 N–H and O–H groups in total. The SMILES string of the molecule is C[C@@H]1C2CN(C(=O)CO)C[C@H]2C[C@@H]1N(C)c1ncnc2[nH]ccc12. The molecule has 0 spiro atoms. The minimum Gasteiger partial charge on any atom is -0.387 e. The van der Waals surface area contributed by atoms with E-state index >= 15 is 0 Å². The smallest absolute Gasteiger partial charge is 0.248 e. The Kier molecular flexibility index (Phi) is 3.68. The van der Waals surface area contributed by atoms with Gasteiger partial charge in [-0.1, -0.05) is 6.92 Å². The predicted molar refractivity (Wildman–Crippen MR) is 90.5 cm³/mol. The molecular formula is C17H23N5O2. The zero-order valence-corrected chi connectivity index (χ0v) is 14.0. The second kappa shape index (κ2) is 5.73. The third kappa shape index (κ3) is 2.26. The van der Waals surface area contributed by atoms with Crippen LogP contribution in [0.1, 0.15) is 13.3 Å². The minimum atomic E-state index is -0.385. The van der Waals surface area contributed by atoms with Crippen molar-refractivity contribution < 1.29 is 9.90 Å². The number of hydrogen-bond acceptors (Lipinski definition) is 5. The Labute approximate surface area is 140 Å². The Hall–Kier alpha value is -2.15. The summed E-state index contributed by atoms with van der Waals surface area (Å²) in [5, 5.41) is 10.1. The van der Waals surface area contributed by atoms with E-state index in [4.69, 9.17) is 5.11 Å². The van der Waals surface area contributed by atoms with Gasteiger partial charge in [-0.05, 0) is 30.2 Å². The lowest BCUT2D eigenvalue weighted by Crippen LogP contribution is -2.39. The molecule has 1 aliphatic heterocycles. The summed E-state index contributed by atoms with van der Waals surface area (Å²) in [7, 11) is 2.10. The van der Waals surface area contributed by atoms with E-state index in [9.17, 15) is 4.79 Å². The number of anilines is 1. The molecule has 1 unspecified atom stereocenters. The molecule has 3 heterocycles. The van der Waals surface area contributed by atoms with Gasteiger partial charge in [-0.2, -0.15) is 0 Å². The molecule has 7 nitrogen and oxygen atoms in total. The van der Waals surface area contributed by atoms with E-state index in [1.165, 1.54) is 0 Å². The molecule has 0 bridgehead atoms. The van der Waals surface area contributed by atoms with Crippen molar-refractivity contribution in [3.63, 3.8) is 0 Å². The van der Waals surface area contributed by atoms with Crippen molar-refractivity contribution in [1.82, 2.24) is 19.9 Å². The average molecular weight is 329 g/mol. The summed E-state index contributed by atoms with van der Waals surface area (Å²) >= 11 is 0.